The molecule has 19 heavy (non-hydrogen) atoms. The van der Waals surface area contributed by atoms with Crippen LogP contribution in [0.1, 0.15) is 6.42 Å². The Morgan fingerprint density at radius 2 is 1.05 bits per heavy atom. The van der Waals surface area contributed by atoms with Crippen LogP contribution in [0.2, 0.25) is 0 Å². The number of hydrogen-bond donors (Lipinski definition) is 7. The van der Waals surface area contributed by atoms with Crippen LogP contribution < -0.4 is 0 Å². The molecule has 1 fully saturated rings. The van der Waals surface area contributed by atoms with E-state index in [2.05, 4.69) is 9.05 Å². The van der Waals surface area contributed by atoms with E-state index in [0.29, 0.717) is 0 Å². The Kier molecular flexibility index (Phi) is 5.27. The van der Waals surface area contributed by atoms with Crippen LogP contribution >= 0.6 is 15.6 Å². The van der Waals surface area contributed by atoms with Gasteiger partial charge < -0.3 is 34.9 Å². The highest BCUT2D eigenvalue weighted by atomic mass is 31.2. The molecule has 1 saturated carbocycles. The van der Waals surface area contributed by atoms with Gasteiger partial charge in [0, 0.05) is 6.42 Å². The highest BCUT2D eigenvalue weighted by Gasteiger charge is 2.47. The molecule has 1 aliphatic carbocycles. The van der Waals surface area contributed by atoms with Gasteiger partial charge in [0.1, 0.15) is 30.5 Å². The van der Waals surface area contributed by atoms with Gasteiger partial charge in [0.05, 0.1) is 0 Å². The van der Waals surface area contributed by atoms with Crippen LogP contribution in [-0.4, -0.2) is 65.4 Å². The Balaban J connectivity index is 2.85. The summed E-state index contributed by atoms with van der Waals surface area (Å²) in [5, 5.41) is 28.3. The SMILES string of the molecule is O=P(O)(O)OC1CC(OP(=O)(O)O)C(O)C(O)C1O. The predicted octanol–water partition coefficient (Wildman–Crippen LogP) is -2.57. The third-order valence-electron chi connectivity index (χ3n) is 2.47. The summed E-state index contributed by atoms with van der Waals surface area (Å²) in [5.41, 5.74) is 0. The maximum absolute atomic E-state index is 10.6. The second-order valence-corrected chi connectivity index (χ2v) is 6.36. The van der Waals surface area contributed by atoms with Gasteiger partial charge >= 0.3 is 15.6 Å². The average Bonchev–Trinajstić information content (AvgIpc) is 2.18. The third kappa shape index (κ3) is 5.18. The molecule has 0 radical (unpaired) electrons. The maximum atomic E-state index is 10.6. The van der Waals surface area contributed by atoms with Crippen LogP contribution in [0.25, 0.3) is 0 Å². The number of phosphoric ester groups is 2. The summed E-state index contributed by atoms with van der Waals surface area (Å²) in [5.74, 6) is 0. The highest BCUT2D eigenvalue weighted by molar-refractivity contribution is 7.46. The van der Waals surface area contributed by atoms with Gasteiger partial charge in [-0.25, -0.2) is 9.13 Å². The molecule has 114 valence electrons. The molecule has 1 aliphatic rings. The molecule has 7 N–H and O–H groups in total. The monoisotopic (exact) mass is 324 g/mol. The van der Waals surface area contributed by atoms with Crippen molar-refractivity contribution in [1.29, 1.82) is 0 Å². The Morgan fingerprint density at radius 3 is 1.32 bits per heavy atom. The zero-order valence-electron chi connectivity index (χ0n) is 9.25. The van der Waals surface area contributed by atoms with Crippen molar-refractivity contribution in [2.45, 2.75) is 36.9 Å². The van der Waals surface area contributed by atoms with E-state index in [4.69, 9.17) is 19.6 Å². The van der Waals surface area contributed by atoms with Gasteiger partial charge in [-0.1, -0.05) is 0 Å². The van der Waals surface area contributed by atoms with Crippen LogP contribution in [0.5, 0.6) is 0 Å². The van der Waals surface area contributed by atoms with Crippen LogP contribution in [0.4, 0.5) is 0 Å². The Morgan fingerprint density at radius 1 is 0.737 bits per heavy atom. The molecule has 0 aromatic rings. The fraction of sp³-hybridized carbons (Fsp3) is 1.00. The van der Waals surface area contributed by atoms with E-state index in [1.807, 2.05) is 0 Å². The van der Waals surface area contributed by atoms with Crippen molar-refractivity contribution >= 4 is 15.6 Å². The standard InChI is InChI=1S/C6H14O11P2/c7-4-2(16-18(10,11)12)1-3(5(8)6(4)9)17-19(13,14)15/h2-9H,1H2,(H2,10,11,12)(H2,13,14,15). The summed E-state index contributed by atoms with van der Waals surface area (Å²) in [4.78, 5) is 34.4. The largest absolute Gasteiger partial charge is 0.469 e. The summed E-state index contributed by atoms with van der Waals surface area (Å²) in [6, 6.07) is 0. The minimum absolute atomic E-state index is 0.629. The van der Waals surface area contributed by atoms with Gasteiger partial charge in [-0.15, -0.1) is 0 Å². The highest BCUT2D eigenvalue weighted by Crippen LogP contribution is 2.45. The smallest absolute Gasteiger partial charge is 0.388 e. The van der Waals surface area contributed by atoms with Crippen molar-refractivity contribution in [3.05, 3.63) is 0 Å². The molecule has 0 aromatic carbocycles. The summed E-state index contributed by atoms with van der Waals surface area (Å²) < 4.78 is 29.6. The lowest BCUT2D eigenvalue weighted by Crippen LogP contribution is -2.56. The van der Waals surface area contributed by atoms with Gasteiger partial charge in [0.25, 0.3) is 0 Å². The van der Waals surface area contributed by atoms with E-state index in [0.717, 1.165) is 0 Å². The maximum Gasteiger partial charge on any atom is 0.469 e. The molecule has 0 aromatic heterocycles. The molecule has 0 bridgehead atoms. The van der Waals surface area contributed by atoms with Gasteiger partial charge in [0.2, 0.25) is 0 Å². The minimum Gasteiger partial charge on any atom is -0.388 e. The lowest BCUT2D eigenvalue weighted by molar-refractivity contribution is -0.170. The zero-order valence-corrected chi connectivity index (χ0v) is 11.0. The molecule has 4 unspecified atom stereocenters. The lowest BCUT2D eigenvalue weighted by Gasteiger charge is -2.39. The lowest BCUT2D eigenvalue weighted by atomic mass is 9.87. The first-order chi connectivity index (χ1) is 8.41. The number of phosphoric acid groups is 2. The molecular weight excluding hydrogens is 310 g/mol. The van der Waals surface area contributed by atoms with Crippen molar-refractivity contribution in [2.24, 2.45) is 0 Å². The van der Waals surface area contributed by atoms with E-state index in [-0.39, 0.29) is 0 Å². The molecule has 1 rings (SSSR count). The minimum atomic E-state index is -5.00. The van der Waals surface area contributed by atoms with E-state index in [1.54, 1.807) is 0 Å². The van der Waals surface area contributed by atoms with Crippen molar-refractivity contribution < 1.29 is 53.1 Å². The molecule has 0 amide bonds. The zero-order chi connectivity index (χ0) is 15.0. The van der Waals surface area contributed by atoms with E-state index in [9.17, 15) is 24.4 Å². The number of aliphatic hydroxyl groups is 3. The van der Waals surface area contributed by atoms with Gasteiger partial charge in [-0.2, -0.15) is 0 Å². The summed E-state index contributed by atoms with van der Waals surface area (Å²) in [6.07, 6.45) is -9.58. The topological polar surface area (TPSA) is 194 Å². The predicted molar refractivity (Wildman–Crippen MR) is 56.5 cm³/mol. The third-order valence-corrected chi connectivity index (χ3v) is 3.56. The summed E-state index contributed by atoms with van der Waals surface area (Å²) in [7, 11) is -10.00. The van der Waals surface area contributed by atoms with Crippen molar-refractivity contribution in [1.82, 2.24) is 0 Å². The normalized spacial score (nSPS) is 37.3. The van der Waals surface area contributed by atoms with Crippen molar-refractivity contribution in [3.8, 4) is 0 Å². The van der Waals surface area contributed by atoms with Gasteiger partial charge in [0.15, 0.2) is 0 Å². The van der Waals surface area contributed by atoms with E-state index >= 15 is 0 Å². The van der Waals surface area contributed by atoms with Crippen LogP contribution in [0.15, 0.2) is 0 Å². The first-order valence-electron chi connectivity index (χ1n) is 4.93. The first-order valence-corrected chi connectivity index (χ1v) is 7.99. The molecule has 0 aliphatic heterocycles. The van der Waals surface area contributed by atoms with E-state index in [1.165, 1.54) is 0 Å². The Labute approximate surface area is 106 Å². The molecular formula is C6H14O11P2. The number of aliphatic hydroxyl groups excluding tert-OH is 3. The summed E-state index contributed by atoms with van der Waals surface area (Å²) in [6.45, 7) is 0. The van der Waals surface area contributed by atoms with Crippen molar-refractivity contribution in [3.63, 3.8) is 0 Å². The molecule has 13 heteroatoms. The van der Waals surface area contributed by atoms with E-state index < -0.39 is 52.6 Å². The molecule has 0 heterocycles. The van der Waals surface area contributed by atoms with Gasteiger partial charge in [-0.05, 0) is 0 Å². The second kappa shape index (κ2) is 5.84. The fourth-order valence-corrected chi connectivity index (χ4v) is 2.84. The van der Waals surface area contributed by atoms with Crippen LogP contribution in [-0.2, 0) is 18.2 Å². The Hall–Kier alpha value is 0.1000. The Bertz CT molecular complexity index is 364. The number of rotatable bonds is 4. The second-order valence-electron chi connectivity index (χ2n) is 3.98. The van der Waals surface area contributed by atoms with Crippen LogP contribution in [0.3, 0.4) is 0 Å². The average molecular weight is 324 g/mol. The molecule has 11 nitrogen and oxygen atoms in total. The number of hydrogen-bond acceptors (Lipinski definition) is 7. The quantitative estimate of drug-likeness (QED) is 0.268. The van der Waals surface area contributed by atoms with Gasteiger partial charge in [-0.3, -0.25) is 9.05 Å². The van der Waals surface area contributed by atoms with Crippen LogP contribution in [0, 0.1) is 0 Å². The molecule has 0 saturated heterocycles. The summed E-state index contributed by atoms with van der Waals surface area (Å²) >= 11 is 0. The molecule has 4 atom stereocenters. The fourth-order valence-electron chi connectivity index (χ4n) is 1.71. The molecule has 0 spiro atoms. The van der Waals surface area contributed by atoms with Crippen molar-refractivity contribution in [2.75, 3.05) is 0 Å². The first kappa shape index (κ1) is 17.2.